The first-order valence-corrected chi connectivity index (χ1v) is 6.92. The number of nitrogens with zero attached hydrogens (tertiary/aromatic N) is 3. The van der Waals surface area contributed by atoms with Gasteiger partial charge < -0.3 is 5.32 Å². The average molecular weight is 293 g/mol. The van der Waals surface area contributed by atoms with E-state index in [2.05, 4.69) is 22.3 Å². The molecule has 0 aliphatic heterocycles. The van der Waals surface area contributed by atoms with Gasteiger partial charge in [0.05, 0.1) is 23.0 Å². The van der Waals surface area contributed by atoms with Gasteiger partial charge in [-0.2, -0.15) is 5.10 Å². The summed E-state index contributed by atoms with van der Waals surface area (Å²) in [5.74, 6) is 0.756. The molecule has 0 aromatic carbocycles. The lowest BCUT2D eigenvalue weighted by Gasteiger charge is -2.09. The van der Waals surface area contributed by atoms with Crippen molar-refractivity contribution in [2.24, 2.45) is 0 Å². The Morgan fingerprint density at radius 2 is 2.10 bits per heavy atom. The number of aromatic nitrogens is 3. The van der Waals surface area contributed by atoms with E-state index < -0.39 is 0 Å². The Labute approximate surface area is 122 Å². The molecule has 2 aromatic rings. The van der Waals surface area contributed by atoms with Crippen LogP contribution in [-0.2, 0) is 6.54 Å². The second-order valence-corrected chi connectivity index (χ2v) is 4.93. The average Bonchev–Trinajstić information content (AvgIpc) is 2.43. The Kier molecular flexibility index (Phi) is 4.74. The monoisotopic (exact) mass is 292 g/mol. The molecule has 1 N–H and O–H groups in total. The zero-order valence-corrected chi connectivity index (χ0v) is 12.3. The van der Waals surface area contributed by atoms with Crippen molar-refractivity contribution >= 4 is 17.4 Å². The van der Waals surface area contributed by atoms with E-state index in [4.69, 9.17) is 11.6 Å². The summed E-state index contributed by atoms with van der Waals surface area (Å²) < 4.78 is 1.37. The van der Waals surface area contributed by atoms with E-state index in [-0.39, 0.29) is 12.1 Å². The van der Waals surface area contributed by atoms with Crippen LogP contribution in [-0.4, -0.2) is 21.3 Å². The summed E-state index contributed by atoms with van der Waals surface area (Å²) in [4.78, 5) is 16.2. The Balaban J connectivity index is 2.28. The van der Waals surface area contributed by atoms with Crippen molar-refractivity contribution < 1.29 is 0 Å². The molecule has 0 bridgehead atoms. The lowest BCUT2D eigenvalue weighted by atomic mass is 10.3. The van der Waals surface area contributed by atoms with Crippen LogP contribution in [0.5, 0.6) is 0 Å². The van der Waals surface area contributed by atoms with Gasteiger partial charge in [-0.15, -0.1) is 0 Å². The van der Waals surface area contributed by atoms with Gasteiger partial charge in [-0.05, 0) is 31.5 Å². The number of nitrogens with one attached hydrogen (secondary N) is 1. The molecule has 0 unspecified atom stereocenters. The molecule has 0 radical (unpaired) electrons. The molecule has 0 saturated carbocycles. The first-order valence-electron chi connectivity index (χ1n) is 6.54. The molecular weight excluding hydrogens is 276 g/mol. The highest BCUT2D eigenvalue weighted by Crippen LogP contribution is 2.17. The van der Waals surface area contributed by atoms with Crippen LogP contribution >= 0.6 is 11.6 Å². The van der Waals surface area contributed by atoms with Crippen molar-refractivity contribution in [1.82, 2.24) is 14.8 Å². The normalized spacial score (nSPS) is 10.6. The maximum Gasteiger partial charge on any atom is 0.267 e. The predicted molar refractivity (Wildman–Crippen MR) is 80.4 cm³/mol. The van der Waals surface area contributed by atoms with Gasteiger partial charge in [-0.3, -0.25) is 4.79 Å². The summed E-state index contributed by atoms with van der Waals surface area (Å²) in [6.07, 6.45) is 1.01. The molecule has 2 rings (SSSR count). The molecule has 0 atom stereocenters. The Bertz CT molecular complexity index is 654. The van der Waals surface area contributed by atoms with Gasteiger partial charge in [0.15, 0.2) is 0 Å². The minimum Gasteiger partial charge on any atom is -0.370 e. The molecule has 5 nitrogen and oxygen atoms in total. The summed E-state index contributed by atoms with van der Waals surface area (Å²) in [6.45, 7) is 5.03. The molecule has 2 aromatic heterocycles. The van der Waals surface area contributed by atoms with Crippen LogP contribution in [0.1, 0.15) is 24.7 Å². The summed E-state index contributed by atoms with van der Waals surface area (Å²) in [5.41, 5.74) is 1.24. The standard InChI is InChI=1S/C14H17ClN4O/c1-3-8-16-13-6-5-11(15)12(17-13)9-19-14(20)7-4-10(2)18-19/h4-7H,3,8-9H2,1-2H3,(H,16,17). The van der Waals surface area contributed by atoms with Crippen LogP contribution in [0.2, 0.25) is 5.02 Å². The van der Waals surface area contributed by atoms with Gasteiger partial charge in [-0.25, -0.2) is 9.67 Å². The van der Waals surface area contributed by atoms with Crippen LogP contribution < -0.4 is 10.9 Å². The van der Waals surface area contributed by atoms with Crippen LogP contribution in [0.25, 0.3) is 0 Å². The van der Waals surface area contributed by atoms with Crippen molar-refractivity contribution in [3.8, 4) is 0 Å². The van der Waals surface area contributed by atoms with E-state index in [9.17, 15) is 4.79 Å². The molecule has 2 heterocycles. The van der Waals surface area contributed by atoms with Crippen molar-refractivity contribution in [2.45, 2.75) is 26.8 Å². The fraction of sp³-hybridized carbons (Fsp3) is 0.357. The highest BCUT2D eigenvalue weighted by molar-refractivity contribution is 6.31. The van der Waals surface area contributed by atoms with Crippen LogP contribution in [0, 0.1) is 6.92 Å². The molecule has 0 amide bonds. The number of rotatable bonds is 5. The first-order chi connectivity index (χ1) is 9.60. The second kappa shape index (κ2) is 6.52. The molecule has 6 heteroatoms. The molecule has 0 aliphatic rings. The van der Waals surface area contributed by atoms with E-state index in [1.165, 1.54) is 10.7 Å². The largest absolute Gasteiger partial charge is 0.370 e. The summed E-state index contributed by atoms with van der Waals surface area (Å²) in [6, 6.07) is 6.79. The highest BCUT2D eigenvalue weighted by atomic mass is 35.5. The topological polar surface area (TPSA) is 59.8 Å². The SMILES string of the molecule is CCCNc1ccc(Cl)c(Cn2nc(C)ccc2=O)n1. The molecule has 106 valence electrons. The van der Waals surface area contributed by atoms with Gasteiger partial charge in [0.1, 0.15) is 5.82 Å². The predicted octanol–water partition coefficient (Wildman–Crippen LogP) is 2.47. The quantitative estimate of drug-likeness (QED) is 0.920. The van der Waals surface area contributed by atoms with Gasteiger partial charge in [0, 0.05) is 12.6 Å². The summed E-state index contributed by atoms with van der Waals surface area (Å²) in [5, 5.41) is 7.91. The van der Waals surface area contributed by atoms with Crippen LogP contribution in [0.3, 0.4) is 0 Å². The summed E-state index contributed by atoms with van der Waals surface area (Å²) in [7, 11) is 0. The third-order valence-electron chi connectivity index (χ3n) is 2.77. The smallest absolute Gasteiger partial charge is 0.267 e. The van der Waals surface area contributed by atoms with Crippen LogP contribution in [0.15, 0.2) is 29.1 Å². The zero-order valence-electron chi connectivity index (χ0n) is 11.6. The zero-order chi connectivity index (χ0) is 14.5. The molecule has 0 aliphatic carbocycles. The van der Waals surface area contributed by atoms with E-state index in [1.807, 2.05) is 13.0 Å². The minimum absolute atomic E-state index is 0.166. The van der Waals surface area contributed by atoms with Gasteiger partial charge >= 0.3 is 0 Å². The van der Waals surface area contributed by atoms with Crippen molar-refractivity contribution in [3.63, 3.8) is 0 Å². The van der Waals surface area contributed by atoms with Gasteiger partial charge in [-0.1, -0.05) is 18.5 Å². The molecule has 0 fully saturated rings. The number of halogens is 1. The second-order valence-electron chi connectivity index (χ2n) is 4.52. The maximum absolute atomic E-state index is 11.8. The Hall–Kier alpha value is -1.88. The number of aryl methyl sites for hydroxylation is 1. The fourth-order valence-electron chi connectivity index (χ4n) is 1.75. The van der Waals surface area contributed by atoms with Gasteiger partial charge in [0.25, 0.3) is 5.56 Å². The minimum atomic E-state index is -0.166. The number of hydrogen-bond acceptors (Lipinski definition) is 4. The Morgan fingerprint density at radius 1 is 1.30 bits per heavy atom. The molecule has 0 spiro atoms. The maximum atomic E-state index is 11.8. The molecule has 0 saturated heterocycles. The van der Waals surface area contributed by atoms with E-state index in [0.29, 0.717) is 10.7 Å². The van der Waals surface area contributed by atoms with Crippen molar-refractivity contribution in [3.05, 3.63) is 51.0 Å². The lowest BCUT2D eigenvalue weighted by molar-refractivity contribution is 0.618. The van der Waals surface area contributed by atoms with E-state index >= 15 is 0 Å². The van der Waals surface area contributed by atoms with Crippen molar-refractivity contribution in [2.75, 3.05) is 11.9 Å². The molecular formula is C14H17ClN4O. The highest BCUT2D eigenvalue weighted by Gasteiger charge is 2.07. The Morgan fingerprint density at radius 3 is 2.85 bits per heavy atom. The summed E-state index contributed by atoms with van der Waals surface area (Å²) >= 11 is 6.14. The van der Waals surface area contributed by atoms with E-state index in [0.717, 1.165) is 24.5 Å². The third-order valence-corrected chi connectivity index (χ3v) is 3.12. The third kappa shape index (κ3) is 3.57. The first kappa shape index (κ1) is 14.5. The van der Waals surface area contributed by atoms with Crippen LogP contribution in [0.4, 0.5) is 5.82 Å². The fourth-order valence-corrected chi connectivity index (χ4v) is 1.92. The van der Waals surface area contributed by atoms with Gasteiger partial charge in [0.2, 0.25) is 0 Å². The number of hydrogen-bond donors (Lipinski definition) is 1. The van der Waals surface area contributed by atoms with E-state index in [1.54, 1.807) is 12.1 Å². The van der Waals surface area contributed by atoms with Crippen molar-refractivity contribution in [1.29, 1.82) is 0 Å². The lowest BCUT2D eigenvalue weighted by Crippen LogP contribution is -2.23. The number of pyridine rings is 1. The molecule has 20 heavy (non-hydrogen) atoms. The number of anilines is 1.